The average molecular weight is 402 g/mol. The zero-order chi connectivity index (χ0) is 21.4. The van der Waals surface area contributed by atoms with Gasteiger partial charge in [0.25, 0.3) is 0 Å². The van der Waals surface area contributed by atoms with Gasteiger partial charge in [0.15, 0.2) is 0 Å². The minimum Gasteiger partial charge on any atom is -0.481 e. The molecule has 0 spiro atoms. The summed E-state index contributed by atoms with van der Waals surface area (Å²) in [6, 6.07) is -2.93. The van der Waals surface area contributed by atoms with Crippen molar-refractivity contribution in [2.45, 2.75) is 50.6 Å². The molecule has 0 aromatic heterocycles. The van der Waals surface area contributed by atoms with Crippen LogP contribution in [0.4, 0.5) is 4.79 Å². The predicted octanol–water partition coefficient (Wildman–Crippen LogP) is -1.41. The number of carboxylic acids is 2. The number of hydrogen-bond acceptors (Lipinski definition) is 6. The van der Waals surface area contributed by atoms with Crippen molar-refractivity contribution in [2.24, 2.45) is 0 Å². The zero-order valence-corrected chi connectivity index (χ0v) is 15.3. The topological polar surface area (TPSA) is 191 Å². The predicted molar refractivity (Wildman–Crippen MR) is 95.4 cm³/mol. The first-order valence-electron chi connectivity index (χ1n) is 8.70. The van der Waals surface area contributed by atoms with Gasteiger partial charge in [0, 0.05) is 13.0 Å². The normalized spacial score (nSPS) is 12.1. The summed E-state index contributed by atoms with van der Waals surface area (Å²) in [4.78, 5) is 65.8. The van der Waals surface area contributed by atoms with Gasteiger partial charge in [0.2, 0.25) is 12.3 Å². The number of nitrogens with one attached hydrogen (secondary N) is 4. The van der Waals surface area contributed by atoms with Crippen molar-refractivity contribution in [2.75, 3.05) is 13.1 Å². The number of amides is 4. The molecule has 12 nitrogen and oxygen atoms in total. The molecule has 0 aliphatic heterocycles. The van der Waals surface area contributed by atoms with Crippen LogP contribution >= 0.6 is 0 Å². The summed E-state index contributed by atoms with van der Waals surface area (Å²) in [5.74, 6) is -2.71. The van der Waals surface area contributed by atoms with E-state index in [4.69, 9.17) is 10.2 Å². The van der Waals surface area contributed by atoms with E-state index in [-0.39, 0.29) is 38.1 Å². The van der Waals surface area contributed by atoms with Crippen molar-refractivity contribution >= 4 is 36.6 Å². The molecule has 2 atom stereocenters. The molecule has 0 aromatic rings. The highest BCUT2D eigenvalue weighted by atomic mass is 16.4. The third-order valence-electron chi connectivity index (χ3n) is 3.58. The number of urea groups is 1. The van der Waals surface area contributed by atoms with Gasteiger partial charge in [-0.3, -0.25) is 14.4 Å². The first-order valence-corrected chi connectivity index (χ1v) is 8.70. The van der Waals surface area contributed by atoms with Crippen molar-refractivity contribution in [3.8, 4) is 0 Å². The zero-order valence-electron chi connectivity index (χ0n) is 15.3. The summed E-state index contributed by atoms with van der Waals surface area (Å²) in [5.41, 5.74) is 0. The summed E-state index contributed by atoms with van der Waals surface area (Å²) in [5, 5.41) is 26.9. The van der Waals surface area contributed by atoms with E-state index in [1.54, 1.807) is 0 Å². The molecule has 6 N–H and O–H groups in total. The first-order chi connectivity index (χ1) is 13.3. The third kappa shape index (κ3) is 13.1. The highest BCUT2D eigenvalue weighted by molar-refractivity contribution is 5.84. The van der Waals surface area contributed by atoms with E-state index in [9.17, 15) is 28.8 Å². The molecule has 0 rings (SSSR count). The standard InChI is InChI=1S/C16H26N4O8/c21-9-11(4-1-2-7-18-13(23)8-17-10-22)19-16(28)20-12(15(26)27)5-3-6-14(24)25/h9-12H,1-8H2,(H,17,22)(H,18,23)(H,24,25)(H,26,27)(H2,19,20,28)/t11-,12-/m0/s1. The lowest BCUT2D eigenvalue weighted by molar-refractivity contribution is -0.140. The van der Waals surface area contributed by atoms with Gasteiger partial charge in [0.05, 0.1) is 12.6 Å². The second kappa shape index (κ2) is 14.9. The SMILES string of the molecule is O=CNCC(=O)NCCCC[C@@H](C=O)NC(=O)N[C@@H](CCCC(=O)O)C(=O)O. The number of unbranched alkanes of at least 4 members (excludes halogenated alkanes) is 1. The van der Waals surface area contributed by atoms with Crippen LogP contribution in [0.1, 0.15) is 38.5 Å². The van der Waals surface area contributed by atoms with Gasteiger partial charge in [-0.05, 0) is 32.1 Å². The molecule has 28 heavy (non-hydrogen) atoms. The number of carbonyl (C=O) groups is 6. The lowest BCUT2D eigenvalue weighted by Gasteiger charge is -2.17. The second-order valence-corrected chi connectivity index (χ2v) is 5.88. The Balaban J connectivity index is 4.16. The summed E-state index contributed by atoms with van der Waals surface area (Å²) in [7, 11) is 0. The van der Waals surface area contributed by atoms with Crippen molar-refractivity contribution in [1.82, 2.24) is 21.3 Å². The average Bonchev–Trinajstić information content (AvgIpc) is 2.63. The lowest BCUT2D eigenvalue weighted by Crippen LogP contribution is -2.49. The third-order valence-corrected chi connectivity index (χ3v) is 3.58. The molecular formula is C16H26N4O8. The molecule has 0 unspecified atom stereocenters. The Labute approximate surface area is 161 Å². The number of aldehydes is 1. The molecule has 158 valence electrons. The molecule has 0 heterocycles. The molecule has 12 heteroatoms. The van der Waals surface area contributed by atoms with Crippen LogP contribution in [0.15, 0.2) is 0 Å². The molecule has 0 aromatic carbocycles. The largest absolute Gasteiger partial charge is 0.481 e. The van der Waals surface area contributed by atoms with Crippen LogP contribution in [0.2, 0.25) is 0 Å². The van der Waals surface area contributed by atoms with Crippen LogP contribution < -0.4 is 21.3 Å². The van der Waals surface area contributed by atoms with Gasteiger partial charge < -0.3 is 36.3 Å². The Morgan fingerprint density at radius 3 is 2.21 bits per heavy atom. The Hall–Kier alpha value is -3.18. The van der Waals surface area contributed by atoms with E-state index in [1.165, 1.54) is 0 Å². The number of rotatable bonds is 16. The number of carboxylic acid groups (broad SMARTS) is 2. The fourth-order valence-electron chi connectivity index (χ4n) is 2.17. The van der Waals surface area contributed by atoms with E-state index >= 15 is 0 Å². The molecule has 0 radical (unpaired) electrons. The Morgan fingerprint density at radius 2 is 1.64 bits per heavy atom. The van der Waals surface area contributed by atoms with Gasteiger partial charge >= 0.3 is 18.0 Å². The van der Waals surface area contributed by atoms with Gasteiger partial charge in [0.1, 0.15) is 12.3 Å². The van der Waals surface area contributed by atoms with Crippen LogP contribution in [-0.4, -0.2) is 72.0 Å². The van der Waals surface area contributed by atoms with Crippen LogP contribution in [0.3, 0.4) is 0 Å². The molecule has 0 bridgehead atoms. The van der Waals surface area contributed by atoms with Crippen molar-refractivity contribution < 1.29 is 39.0 Å². The quantitative estimate of drug-likeness (QED) is 0.134. The van der Waals surface area contributed by atoms with E-state index in [0.717, 1.165) is 0 Å². The van der Waals surface area contributed by atoms with Crippen LogP contribution in [-0.2, 0) is 24.0 Å². The summed E-state index contributed by atoms with van der Waals surface area (Å²) in [6.45, 7) is 0.210. The maximum atomic E-state index is 11.8. The number of carbonyl (C=O) groups excluding carboxylic acids is 4. The minimum atomic E-state index is -1.30. The van der Waals surface area contributed by atoms with E-state index < -0.39 is 30.1 Å². The molecular weight excluding hydrogens is 376 g/mol. The second-order valence-electron chi connectivity index (χ2n) is 5.88. The molecule has 4 amide bonds. The highest BCUT2D eigenvalue weighted by Gasteiger charge is 2.21. The Bertz CT molecular complexity index is 555. The van der Waals surface area contributed by atoms with Gasteiger partial charge in [-0.2, -0.15) is 0 Å². The van der Waals surface area contributed by atoms with E-state index in [2.05, 4.69) is 21.3 Å². The van der Waals surface area contributed by atoms with Crippen LogP contribution in [0.25, 0.3) is 0 Å². The molecule has 0 aliphatic carbocycles. The van der Waals surface area contributed by atoms with Crippen molar-refractivity contribution in [3.05, 3.63) is 0 Å². The molecule has 0 fully saturated rings. The molecule has 0 aliphatic rings. The van der Waals surface area contributed by atoms with E-state index in [0.29, 0.717) is 32.1 Å². The monoisotopic (exact) mass is 402 g/mol. The Kier molecular flexibility index (Phi) is 13.2. The highest BCUT2D eigenvalue weighted by Crippen LogP contribution is 2.03. The number of hydrogen-bond donors (Lipinski definition) is 6. The van der Waals surface area contributed by atoms with Gasteiger partial charge in [-0.15, -0.1) is 0 Å². The van der Waals surface area contributed by atoms with Gasteiger partial charge in [-0.1, -0.05) is 0 Å². The van der Waals surface area contributed by atoms with Gasteiger partial charge in [-0.25, -0.2) is 9.59 Å². The summed E-state index contributed by atoms with van der Waals surface area (Å²) >= 11 is 0. The fraction of sp³-hybridized carbons (Fsp3) is 0.625. The van der Waals surface area contributed by atoms with Crippen molar-refractivity contribution in [3.63, 3.8) is 0 Å². The van der Waals surface area contributed by atoms with Crippen LogP contribution in [0.5, 0.6) is 0 Å². The smallest absolute Gasteiger partial charge is 0.326 e. The minimum absolute atomic E-state index is 0.0561. The maximum Gasteiger partial charge on any atom is 0.326 e. The first kappa shape index (κ1) is 24.8. The fourth-order valence-corrected chi connectivity index (χ4v) is 2.17. The summed E-state index contributed by atoms with van der Waals surface area (Å²) in [6.07, 6.45) is 2.07. The number of aliphatic carboxylic acids is 2. The van der Waals surface area contributed by atoms with Crippen LogP contribution in [0, 0.1) is 0 Å². The Morgan fingerprint density at radius 1 is 0.929 bits per heavy atom. The maximum absolute atomic E-state index is 11.8. The molecule has 0 saturated heterocycles. The molecule has 0 saturated carbocycles. The summed E-state index contributed by atoms with van der Waals surface area (Å²) < 4.78 is 0. The van der Waals surface area contributed by atoms with E-state index in [1.807, 2.05) is 0 Å². The van der Waals surface area contributed by atoms with Crippen molar-refractivity contribution in [1.29, 1.82) is 0 Å². The lowest BCUT2D eigenvalue weighted by atomic mass is 10.1.